The molecule has 0 spiro atoms. The number of carbonyl (C=O) groups excluding carboxylic acids is 1. The van der Waals surface area contributed by atoms with Gasteiger partial charge in [-0.1, -0.05) is 15.9 Å². The second-order valence-electron chi connectivity index (χ2n) is 2.44. The largest absolute Gasteiger partial charge is 0.514 e. The van der Waals surface area contributed by atoms with Gasteiger partial charge in [-0.25, -0.2) is 4.79 Å². The molecule has 1 aliphatic heterocycles. The van der Waals surface area contributed by atoms with Crippen molar-refractivity contribution in [3.8, 4) is 0 Å². The summed E-state index contributed by atoms with van der Waals surface area (Å²) in [6.07, 6.45) is -0.643. The van der Waals surface area contributed by atoms with Crippen LogP contribution in [0.25, 0.3) is 0 Å². The third kappa shape index (κ3) is 1.16. The molecular weight excluding hydrogens is 200 g/mol. The topological polar surface area (TPSA) is 35.5 Å². The average Bonchev–Trinajstić information content (AvgIpc) is 2.04. The van der Waals surface area contributed by atoms with E-state index in [4.69, 9.17) is 4.74 Å². The van der Waals surface area contributed by atoms with Crippen LogP contribution in [0.3, 0.4) is 0 Å². The Hall–Kier alpha value is -0.510. The van der Waals surface area contributed by atoms with Crippen LogP contribution in [-0.4, -0.2) is 11.8 Å². The van der Waals surface area contributed by atoms with Crippen molar-refractivity contribution in [3.05, 3.63) is 10.7 Å². The number of ether oxygens (including phenoxy) is 2. The number of hydrogen-bond acceptors (Lipinski definition) is 3. The molecule has 3 nitrogen and oxygen atoms in total. The van der Waals surface area contributed by atoms with Crippen LogP contribution >= 0.6 is 15.9 Å². The zero-order chi connectivity index (χ0) is 7.78. The number of hydrogen-bond donors (Lipinski definition) is 0. The quantitative estimate of drug-likeness (QED) is 0.571. The van der Waals surface area contributed by atoms with Gasteiger partial charge in [0.2, 0.25) is 0 Å². The Morgan fingerprint density at radius 1 is 1.60 bits per heavy atom. The Labute approximate surface area is 67.1 Å². The van der Waals surface area contributed by atoms with Crippen LogP contribution in [0.1, 0.15) is 13.8 Å². The highest BCUT2D eigenvalue weighted by molar-refractivity contribution is 9.11. The fraction of sp³-hybridized carbons (Fsp3) is 0.500. The first kappa shape index (κ1) is 7.60. The standard InChI is InChI=1S/C6H7BrO3/c1-6(2)4(3-7)9-5(8)10-6/h3H,1-2H3. The summed E-state index contributed by atoms with van der Waals surface area (Å²) in [7, 11) is 0. The molecule has 0 N–H and O–H groups in total. The molecule has 10 heavy (non-hydrogen) atoms. The van der Waals surface area contributed by atoms with Gasteiger partial charge in [0.1, 0.15) is 0 Å². The summed E-state index contributed by atoms with van der Waals surface area (Å²) in [5, 5.41) is 0. The van der Waals surface area contributed by atoms with E-state index in [2.05, 4.69) is 20.7 Å². The van der Waals surface area contributed by atoms with Crippen LogP contribution in [0.5, 0.6) is 0 Å². The molecule has 0 amide bonds. The zero-order valence-electron chi connectivity index (χ0n) is 5.68. The van der Waals surface area contributed by atoms with E-state index in [0.29, 0.717) is 5.76 Å². The maximum absolute atomic E-state index is 10.5. The predicted octanol–water partition coefficient (Wildman–Crippen LogP) is 2.17. The Balaban J connectivity index is 2.88. The summed E-state index contributed by atoms with van der Waals surface area (Å²) in [5.74, 6) is 0.498. The van der Waals surface area contributed by atoms with Gasteiger partial charge < -0.3 is 9.47 Å². The van der Waals surface area contributed by atoms with Crippen molar-refractivity contribution in [1.82, 2.24) is 0 Å². The van der Waals surface area contributed by atoms with E-state index >= 15 is 0 Å². The number of rotatable bonds is 0. The lowest BCUT2D eigenvalue weighted by Gasteiger charge is -2.12. The van der Waals surface area contributed by atoms with Gasteiger partial charge in [-0.2, -0.15) is 0 Å². The van der Waals surface area contributed by atoms with E-state index in [1.54, 1.807) is 13.8 Å². The van der Waals surface area contributed by atoms with Crippen LogP contribution in [0.2, 0.25) is 0 Å². The molecule has 1 fully saturated rings. The summed E-state index contributed by atoms with van der Waals surface area (Å²) in [6.45, 7) is 3.51. The van der Waals surface area contributed by atoms with Crippen molar-refractivity contribution in [3.63, 3.8) is 0 Å². The second kappa shape index (κ2) is 2.27. The molecule has 1 heterocycles. The smallest absolute Gasteiger partial charge is 0.420 e. The molecule has 0 aromatic heterocycles. The average molecular weight is 207 g/mol. The predicted molar refractivity (Wildman–Crippen MR) is 38.7 cm³/mol. The first-order chi connectivity index (χ1) is 4.56. The van der Waals surface area contributed by atoms with Crippen molar-refractivity contribution in [2.75, 3.05) is 0 Å². The highest BCUT2D eigenvalue weighted by Gasteiger charge is 2.38. The summed E-state index contributed by atoms with van der Waals surface area (Å²) in [5.41, 5.74) is -0.624. The van der Waals surface area contributed by atoms with E-state index in [1.165, 1.54) is 4.99 Å². The molecule has 56 valence electrons. The Kier molecular flexibility index (Phi) is 1.72. The zero-order valence-corrected chi connectivity index (χ0v) is 7.27. The van der Waals surface area contributed by atoms with Crippen LogP contribution in [0.15, 0.2) is 10.7 Å². The summed E-state index contributed by atoms with van der Waals surface area (Å²) in [6, 6.07) is 0. The van der Waals surface area contributed by atoms with Crippen molar-refractivity contribution in [2.45, 2.75) is 19.4 Å². The maximum atomic E-state index is 10.5. The van der Waals surface area contributed by atoms with Crippen LogP contribution in [0.4, 0.5) is 4.79 Å². The number of halogens is 1. The van der Waals surface area contributed by atoms with Gasteiger partial charge in [0, 0.05) is 4.99 Å². The Morgan fingerprint density at radius 3 is 2.40 bits per heavy atom. The molecule has 1 saturated heterocycles. The van der Waals surface area contributed by atoms with Crippen LogP contribution in [0, 0.1) is 0 Å². The molecule has 0 unspecified atom stereocenters. The lowest BCUT2D eigenvalue weighted by Crippen LogP contribution is -2.19. The Bertz CT molecular complexity index is 195. The fourth-order valence-electron chi connectivity index (χ4n) is 0.646. The molecule has 0 aliphatic carbocycles. The maximum Gasteiger partial charge on any atom is 0.514 e. The molecular formula is C6H7BrO3. The summed E-state index contributed by atoms with van der Waals surface area (Å²) in [4.78, 5) is 12.1. The van der Waals surface area contributed by atoms with Gasteiger partial charge in [0.05, 0.1) is 0 Å². The highest BCUT2D eigenvalue weighted by Crippen LogP contribution is 2.30. The van der Waals surface area contributed by atoms with E-state index < -0.39 is 11.8 Å². The van der Waals surface area contributed by atoms with E-state index in [9.17, 15) is 4.79 Å². The summed E-state index contributed by atoms with van der Waals surface area (Å²) >= 11 is 3.06. The van der Waals surface area contributed by atoms with E-state index in [-0.39, 0.29) is 0 Å². The van der Waals surface area contributed by atoms with Gasteiger partial charge in [-0.3, -0.25) is 0 Å². The fourth-order valence-corrected chi connectivity index (χ4v) is 1.29. The lowest BCUT2D eigenvalue weighted by molar-refractivity contribution is 0.0872. The lowest BCUT2D eigenvalue weighted by atomic mass is 10.1. The second-order valence-corrected chi connectivity index (χ2v) is 2.90. The third-order valence-electron chi connectivity index (χ3n) is 1.22. The number of carbonyl (C=O) groups is 1. The molecule has 0 aromatic rings. The van der Waals surface area contributed by atoms with Gasteiger partial charge in [0.15, 0.2) is 11.4 Å². The van der Waals surface area contributed by atoms with Gasteiger partial charge in [-0.15, -0.1) is 0 Å². The highest BCUT2D eigenvalue weighted by atomic mass is 79.9. The van der Waals surface area contributed by atoms with Gasteiger partial charge in [0.25, 0.3) is 0 Å². The first-order valence-electron chi connectivity index (χ1n) is 2.78. The minimum atomic E-state index is -0.643. The Morgan fingerprint density at radius 2 is 2.20 bits per heavy atom. The van der Waals surface area contributed by atoms with Gasteiger partial charge >= 0.3 is 6.16 Å². The normalized spacial score (nSPS) is 26.3. The van der Waals surface area contributed by atoms with Crippen molar-refractivity contribution < 1.29 is 14.3 Å². The molecule has 0 saturated carbocycles. The molecule has 0 radical (unpaired) electrons. The molecule has 4 heteroatoms. The SMILES string of the molecule is CC1(C)OC(=O)OC1=CBr. The van der Waals surface area contributed by atoms with E-state index in [0.717, 1.165) is 0 Å². The van der Waals surface area contributed by atoms with Crippen LogP contribution in [-0.2, 0) is 9.47 Å². The minimum Gasteiger partial charge on any atom is -0.420 e. The molecule has 0 aromatic carbocycles. The minimum absolute atomic E-state index is 0.498. The molecule has 1 rings (SSSR count). The number of cyclic esters (lactones) is 2. The first-order valence-corrected chi connectivity index (χ1v) is 3.69. The third-order valence-corrected chi connectivity index (χ3v) is 1.64. The molecule has 0 bridgehead atoms. The monoisotopic (exact) mass is 206 g/mol. The van der Waals surface area contributed by atoms with Crippen molar-refractivity contribution >= 4 is 22.1 Å². The van der Waals surface area contributed by atoms with Crippen molar-refractivity contribution in [1.29, 1.82) is 0 Å². The molecule has 0 atom stereocenters. The van der Waals surface area contributed by atoms with Gasteiger partial charge in [-0.05, 0) is 13.8 Å². The summed E-state index contributed by atoms with van der Waals surface area (Å²) < 4.78 is 9.47. The van der Waals surface area contributed by atoms with E-state index in [1.807, 2.05) is 0 Å². The molecule has 1 aliphatic rings. The van der Waals surface area contributed by atoms with Crippen molar-refractivity contribution in [2.24, 2.45) is 0 Å². The van der Waals surface area contributed by atoms with Crippen LogP contribution < -0.4 is 0 Å².